The number of alkyl halides is 2. The van der Waals surface area contributed by atoms with Crippen LogP contribution in [0.4, 0.5) is 8.78 Å². The van der Waals surface area contributed by atoms with Gasteiger partial charge in [0.05, 0.1) is 0 Å². The lowest BCUT2D eigenvalue weighted by Crippen LogP contribution is -2.38. The second-order valence-corrected chi connectivity index (χ2v) is 7.05. The molecule has 0 fully saturated rings. The van der Waals surface area contributed by atoms with Crippen molar-refractivity contribution in [2.45, 2.75) is 33.0 Å². The number of hydrogen-bond acceptors (Lipinski definition) is 3. The maximum Gasteiger partial charge on any atom is 0.387 e. The number of rotatable bonds is 9. The van der Waals surface area contributed by atoms with E-state index >= 15 is 0 Å². The molecule has 1 aromatic heterocycles. The first-order valence-electron chi connectivity index (χ1n) is 10.1. The van der Waals surface area contributed by atoms with Gasteiger partial charge in [-0.15, -0.1) is 24.0 Å². The predicted molar refractivity (Wildman–Crippen MR) is 133 cm³/mol. The number of nitrogens with zero attached hydrogens (tertiary/aromatic N) is 3. The molecule has 0 radical (unpaired) electrons. The van der Waals surface area contributed by atoms with Crippen LogP contribution in [-0.2, 0) is 19.5 Å². The van der Waals surface area contributed by atoms with Crippen LogP contribution in [0.3, 0.4) is 0 Å². The topological polar surface area (TPSA) is 63.5 Å². The molecule has 172 valence electrons. The summed E-state index contributed by atoms with van der Waals surface area (Å²) >= 11 is 0. The van der Waals surface area contributed by atoms with Crippen LogP contribution in [0.25, 0.3) is 0 Å². The van der Waals surface area contributed by atoms with Gasteiger partial charge in [-0.25, -0.2) is 4.98 Å². The molecule has 0 saturated carbocycles. The quantitative estimate of drug-likeness (QED) is 0.234. The molecule has 2 N–H and O–H groups in total. The molecule has 32 heavy (non-hydrogen) atoms. The molecule has 9 heteroatoms. The van der Waals surface area contributed by atoms with Gasteiger partial charge < -0.3 is 19.9 Å². The Labute approximate surface area is 204 Å². The SMILES string of the molecule is CN=C(NCCc1nccn1Cc1ccccc1)NCc1cc(C)ccc1OC(F)F.I. The minimum absolute atomic E-state index is 0. The maximum atomic E-state index is 12.7. The third-order valence-corrected chi connectivity index (χ3v) is 4.74. The average molecular weight is 555 g/mol. The van der Waals surface area contributed by atoms with Gasteiger partial charge in [0.2, 0.25) is 0 Å². The fourth-order valence-corrected chi connectivity index (χ4v) is 3.24. The summed E-state index contributed by atoms with van der Waals surface area (Å²) < 4.78 is 32.0. The normalized spacial score (nSPS) is 11.2. The summed E-state index contributed by atoms with van der Waals surface area (Å²) in [5, 5.41) is 6.39. The fraction of sp³-hybridized carbons (Fsp3) is 0.304. The van der Waals surface area contributed by atoms with E-state index in [-0.39, 0.29) is 29.7 Å². The number of hydrogen-bond donors (Lipinski definition) is 2. The molecule has 0 aliphatic carbocycles. The fourth-order valence-electron chi connectivity index (χ4n) is 3.24. The van der Waals surface area contributed by atoms with E-state index in [2.05, 4.69) is 42.0 Å². The standard InChI is InChI=1S/C23H27F2N5O.HI/c1-17-8-9-20(31-22(24)25)19(14-17)15-29-23(26-2)28-11-10-21-27-12-13-30(21)16-18-6-4-3-5-7-18;/h3-9,12-14,22H,10-11,15-16H2,1-2H3,(H2,26,28,29);1H. The van der Waals surface area contributed by atoms with Gasteiger partial charge in [-0.3, -0.25) is 4.99 Å². The first-order chi connectivity index (χ1) is 15.0. The van der Waals surface area contributed by atoms with Crippen LogP contribution in [0.1, 0.15) is 22.5 Å². The Morgan fingerprint density at radius 2 is 1.94 bits per heavy atom. The van der Waals surface area contributed by atoms with Gasteiger partial charge in [0.15, 0.2) is 5.96 Å². The third kappa shape index (κ3) is 7.77. The number of imidazole rings is 1. The van der Waals surface area contributed by atoms with Gasteiger partial charge in [-0.2, -0.15) is 8.78 Å². The van der Waals surface area contributed by atoms with Crippen LogP contribution < -0.4 is 15.4 Å². The summed E-state index contributed by atoms with van der Waals surface area (Å²) in [6.45, 7) is 0.744. The summed E-state index contributed by atoms with van der Waals surface area (Å²) in [5.74, 6) is 1.70. The summed E-state index contributed by atoms with van der Waals surface area (Å²) in [6, 6.07) is 15.3. The minimum Gasteiger partial charge on any atom is -0.434 e. The van der Waals surface area contributed by atoms with Crippen molar-refractivity contribution in [1.82, 2.24) is 20.2 Å². The molecule has 0 atom stereocenters. The highest BCUT2D eigenvalue weighted by molar-refractivity contribution is 14.0. The summed E-state index contributed by atoms with van der Waals surface area (Å²) in [7, 11) is 1.67. The second-order valence-electron chi connectivity index (χ2n) is 7.05. The van der Waals surface area contributed by atoms with E-state index in [4.69, 9.17) is 0 Å². The van der Waals surface area contributed by atoms with Crippen molar-refractivity contribution in [3.8, 4) is 5.75 Å². The van der Waals surface area contributed by atoms with Crippen LogP contribution >= 0.6 is 24.0 Å². The zero-order valence-corrected chi connectivity index (χ0v) is 20.4. The number of guanidine groups is 1. The lowest BCUT2D eigenvalue weighted by molar-refractivity contribution is -0.0504. The largest absolute Gasteiger partial charge is 0.434 e. The van der Waals surface area contributed by atoms with Crippen LogP contribution in [-0.4, -0.2) is 35.7 Å². The Morgan fingerprint density at radius 1 is 1.16 bits per heavy atom. The predicted octanol–water partition coefficient (Wildman–Crippen LogP) is 4.37. The van der Waals surface area contributed by atoms with E-state index < -0.39 is 6.61 Å². The zero-order chi connectivity index (χ0) is 22.1. The molecule has 0 unspecified atom stereocenters. The third-order valence-electron chi connectivity index (χ3n) is 4.74. The van der Waals surface area contributed by atoms with E-state index in [0.717, 1.165) is 17.9 Å². The van der Waals surface area contributed by atoms with E-state index in [1.165, 1.54) is 5.56 Å². The van der Waals surface area contributed by atoms with Crippen molar-refractivity contribution < 1.29 is 13.5 Å². The van der Waals surface area contributed by atoms with E-state index in [1.54, 1.807) is 25.4 Å². The Kier molecular flexibility index (Phi) is 10.4. The van der Waals surface area contributed by atoms with E-state index in [9.17, 15) is 8.78 Å². The highest BCUT2D eigenvalue weighted by Crippen LogP contribution is 2.22. The van der Waals surface area contributed by atoms with Crippen molar-refractivity contribution in [2.24, 2.45) is 4.99 Å². The molecule has 0 spiro atoms. The Hall–Kier alpha value is -2.69. The molecule has 0 aliphatic heterocycles. The Balaban J connectivity index is 0.00000363. The molecular formula is C23H28F2IN5O. The Morgan fingerprint density at radius 3 is 2.66 bits per heavy atom. The van der Waals surface area contributed by atoms with Gasteiger partial charge in [-0.05, 0) is 18.6 Å². The molecule has 6 nitrogen and oxygen atoms in total. The highest BCUT2D eigenvalue weighted by Gasteiger charge is 2.11. The van der Waals surface area contributed by atoms with Gasteiger partial charge in [-0.1, -0.05) is 48.0 Å². The smallest absolute Gasteiger partial charge is 0.387 e. The number of aryl methyl sites for hydroxylation is 1. The number of benzene rings is 2. The van der Waals surface area contributed by atoms with Crippen LogP contribution in [0.5, 0.6) is 5.75 Å². The van der Waals surface area contributed by atoms with Crippen molar-refractivity contribution in [3.05, 3.63) is 83.4 Å². The van der Waals surface area contributed by atoms with Gasteiger partial charge >= 0.3 is 6.61 Å². The molecule has 0 bridgehead atoms. The van der Waals surface area contributed by atoms with Crippen molar-refractivity contribution >= 4 is 29.9 Å². The lowest BCUT2D eigenvalue weighted by Gasteiger charge is -2.15. The van der Waals surface area contributed by atoms with Crippen molar-refractivity contribution in [1.29, 1.82) is 0 Å². The first kappa shape index (κ1) is 25.6. The second kappa shape index (κ2) is 13.0. The molecule has 1 heterocycles. The number of nitrogens with one attached hydrogen (secondary N) is 2. The van der Waals surface area contributed by atoms with Crippen LogP contribution in [0, 0.1) is 6.92 Å². The highest BCUT2D eigenvalue weighted by atomic mass is 127. The maximum absolute atomic E-state index is 12.7. The molecular weight excluding hydrogens is 527 g/mol. The number of aliphatic imine (C=N–C) groups is 1. The Bertz CT molecular complexity index is 995. The molecule has 0 amide bonds. The monoisotopic (exact) mass is 555 g/mol. The summed E-state index contributed by atoms with van der Waals surface area (Å²) in [6.07, 6.45) is 4.48. The zero-order valence-electron chi connectivity index (χ0n) is 18.1. The van der Waals surface area contributed by atoms with Crippen molar-refractivity contribution in [2.75, 3.05) is 13.6 Å². The molecule has 3 aromatic rings. The molecule has 2 aromatic carbocycles. The summed E-state index contributed by atoms with van der Waals surface area (Å²) in [5.41, 5.74) is 2.82. The van der Waals surface area contributed by atoms with Crippen LogP contribution in [0.2, 0.25) is 0 Å². The number of ether oxygens (including phenoxy) is 1. The van der Waals surface area contributed by atoms with Gasteiger partial charge in [0.1, 0.15) is 11.6 Å². The van der Waals surface area contributed by atoms with Gasteiger partial charge in [0, 0.05) is 51.1 Å². The van der Waals surface area contributed by atoms with Crippen molar-refractivity contribution in [3.63, 3.8) is 0 Å². The van der Waals surface area contributed by atoms with Gasteiger partial charge in [0.25, 0.3) is 0 Å². The molecule has 0 saturated heterocycles. The first-order valence-corrected chi connectivity index (χ1v) is 10.1. The molecule has 3 rings (SSSR count). The molecule has 0 aliphatic rings. The average Bonchev–Trinajstić information content (AvgIpc) is 3.19. The summed E-state index contributed by atoms with van der Waals surface area (Å²) in [4.78, 5) is 8.66. The minimum atomic E-state index is -2.86. The van der Waals surface area contributed by atoms with E-state index in [0.29, 0.717) is 31.0 Å². The van der Waals surface area contributed by atoms with Crippen LogP contribution in [0.15, 0.2) is 65.9 Å². The number of halogens is 3. The number of aromatic nitrogens is 2. The lowest BCUT2D eigenvalue weighted by atomic mass is 10.1. The van der Waals surface area contributed by atoms with E-state index in [1.807, 2.05) is 37.4 Å².